The van der Waals surface area contributed by atoms with Crippen molar-refractivity contribution in [1.82, 2.24) is 20.2 Å². The van der Waals surface area contributed by atoms with Crippen LogP contribution < -0.4 is 0 Å². The van der Waals surface area contributed by atoms with Crippen molar-refractivity contribution in [3.63, 3.8) is 0 Å². The van der Waals surface area contributed by atoms with Crippen molar-refractivity contribution in [2.24, 2.45) is 0 Å². The van der Waals surface area contributed by atoms with Crippen LogP contribution in [-0.4, -0.2) is 31.2 Å². The fourth-order valence-corrected chi connectivity index (χ4v) is 1.80. The third-order valence-corrected chi connectivity index (χ3v) is 2.57. The van der Waals surface area contributed by atoms with Crippen LogP contribution in [0.4, 0.5) is 0 Å². The lowest BCUT2D eigenvalue weighted by atomic mass is 10.1. The van der Waals surface area contributed by atoms with Gasteiger partial charge in [0.2, 0.25) is 0 Å². The van der Waals surface area contributed by atoms with Crippen LogP contribution in [0.5, 0.6) is 0 Å². The molecule has 0 atom stereocenters. The van der Waals surface area contributed by atoms with Crippen molar-refractivity contribution in [3.05, 3.63) is 36.3 Å². The van der Waals surface area contributed by atoms with Gasteiger partial charge in [0.1, 0.15) is 0 Å². The largest absolute Gasteiger partial charge is 0.478 e. The van der Waals surface area contributed by atoms with Gasteiger partial charge < -0.3 is 10.1 Å². The van der Waals surface area contributed by atoms with Gasteiger partial charge in [-0.3, -0.25) is 5.10 Å². The number of hydrogen-bond acceptors (Lipinski definition) is 3. The zero-order valence-electron chi connectivity index (χ0n) is 8.64. The number of H-pyrrole nitrogens is 2. The van der Waals surface area contributed by atoms with E-state index in [4.69, 9.17) is 5.11 Å². The SMILES string of the molecule is O=C(O)c1c[nH]cc1-c1[nH]nc2ncccc12. The Morgan fingerprint density at radius 2 is 2.24 bits per heavy atom. The maximum Gasteiger partial charge on any atom is 0.337 e. The average Bonchev–Trinajstić information content (AvgIpc) is 2.94. The highest BCUT2D eigenvalue weighted by Gasteiger charge is 2.16. The molecular formula is C11H8N4O2. The molecule has 6 heteroatoms. The number of aromatic amines is 2. The minimum atomic E-state index is -0.979. The van der Waals surface area contributed by atoms with Gasteiger partial charge in [0, 0.05) is 29.5 Å². The number of aromatic carboxylic acids is 1. The molecule has 3 heterocycles. The molecule has 0 aliphatic carbocycles. The minimum absolute atomic E-state index is 0.208. The fraction of sp³-hybridized carbons (Fsp3) is 0. The maximum absolute atomic E-state index is 11.0. The molecule has 0 aliphatic rings. The van der Waals surface area contributed by atoms with Gasteiger partial charge in [0.25, 0.3) is 0 Å². The molecule has 0 saturated carbocycles. The summed E-state index contributed by atoms with van der Waals surface area (Å²) < 4.78 is 0. The molecule has 0 aromatic carbocycles. The van der Waals surface area contributed by atoms with E-state index in [0.29, 0.717) is 16.9 Å². The summed E-state index contributed by atoms with van der Waals surface area (Å²) >= 11 is 0. The molecule has 0 bridgehead atoms. The highest BCUT2D eigenvalue weighted by molar-refractivity contribution is 6.00. The van der Waals surface area contributed by atoms with Crippen LogP contribution in [0.15, 0.2) is 30.7 Å². The number of nitrogens with zero attached hydrogens (tertiary/aromatic N) is 2. The molecule has 3 aromatic heterocycles. The van der Waals surface area contributed by atoms with Crippen molar-refractivity contribution < 1.29 is 9.90 Å². The summed E-state index contributed by atoms with van der Waals surface area (Å²) in [6.07, 6.45) is 4.71. The van der Waals surface area contributed by atoms with Crippen molar-refractivity contribution in [3.8, 4) is 11.3 Å². The van der Waals surface area contributed by atoms with E-state index in [-0.39, 0.29) is 5.56 Å². The maximum atomic E-state index is 11.0. The quantitative estimate of drug-likeness (QED) is 0.621. The Morgan fingerprint density at radius 1 is 1.35 bits per heavy atom. The van der Waals surface area contributed by atoms with E-state index in [1.807, 2.05) is 6.07 Å². The van der Waals surface area contributed by atoms with Crippen LogP contribution in [-0.2, 0) is 0 Å². The molecule has 0 spiro atoms. The molecule has 0 aliphatic heterocycles. The molecule has 3 rings (SSSR count). The first-order chi connectivity index (χ1) is 8.27. The smallest absolute Gasteiger partial charge is 0.337 e. The minimum Gasteiger partial charge on any atom is -0.478 e. The summed E-state index contributed by atoms with van der Waals surface area (Å²) in [6.45, 7) is 0. The van der Waals surface area contributed by atoms with Crippen molar-refractivity contribution >= 4 is 17.0 Å². The van der Waals surface area contributed by atoms with Gasteiger partial charge in [-0.25, -0.2) is 9.78 Å². The summed E-state index contributed by atoms with van der Waals surface area (Å²) in [6, 6.07) is 3.63. The molecule has 0 unspecified atom stereocenters. The van der Waals surface area contributed by atoms with E-state index < -0.39 is 5.97 Å². The van der Waals surface area contributed by atoms with Crippen LogP contribution in [0, 0.1) is 0 Å². The molecule has 0 fully saturated rings. The van der Waals surface area contributed by atoms with Gasteiger partial charge in [-0.2, -0.15) is 5.10 Å². The number of rotatable bonds is 2. The van der Waals surface area contributed by atoms with E-state index in [9.17, 15) is 4.79 Å². The van der Waals surface area contributed by atoms with Gasteiger partial charge in [-0.15, -0.1) is 0 Å². The molecule has 3 aromatic rings. The Morgan fingerprint density at radius 3 is 3.06 bits per heavy atom. The number of carboxylic acids is 1. The van der Waals surface area contributed by atoms with Crippen LogP contribution in [0.25, 0.3) is 22.3 Å². The predicted octanol–water partition coefficient (Wildman–Crippen LogP) is 1.65. The van der Waals surface area contributed by atoms with Gasteiger partial charge in [-0.05, 0) is 12.1 Å². The Kier molecular flexibility index (Phi) is 1.94. The number of hydrogen-bond donors (Lipinski definition) is 3. The number of nitrogens with one attached hydrogen (secondary N) is 2. The molecule has 17 heavy (non-hydrogen) atoms. The lowest BCUT2D eigenvalue weighted by Crippen LogP contribution is -1.96. The molecule has 0 saturated heterocycles. The third-order valence-electron chi connectivity index (χ3n) is 2.57. The number of carboxylic acid groups (broad SMARTS) is 1. The Hall–Kier alpha value is -2.63. The molecule has 0 amide bonds. The Bertz CT molecular complexity index is 698. The second kappa shape index (κ2) is 3.44. The topological polar surface area (TPSA) is 94.7 Å². The molecule has 0 radical (unpaired) electrons. The van der Waals surface area contributed by atoms with Crippen LogP contribution >= 0.6 is 0 Å². The van der Waals surface area contributed by atoms with E-state index in [2.05, 4.69) is 20.2 Å². The highest BCUT2D eigenvalue weighted by atomic mass is 16.4. The first kappa shape index (κ1) is 9.59. The zero-order chi connectivity index (χ0) is 11.8. The molecule has 84 valence electrons. The summed E-state index contributed by atoms with van der Waals surface area (Å²) in [4.78, 5) is 17.9. The monoisotopic (exact) mass is 228 g/mol. The molecule has 6 nitrogen and oxygen atoms in total. The first-order valence-corrected chi connectivity index (χ1v) is 4.97. The summed E-state index contributed by atoms with van der Waals surface area (Å²) in [5.74, 6) is -0.979. The third kappa shape index (κ3) is 1.38. The van der Waals surface area contributed by atoms with E-state index >= 15 is 0 Å². The van der Waals surface area contributed by atoms with Crippen molar-refractivity contribution in [1.29, 1.82) is 0 Å². The Balaban J connectivity index is 2.28. The van der Waals surface area contributed by atoms with Crippen molar-refractivity contribution in [2.75, 3.05) is 0 Å². The van der Waals surface area contributed by atoms with Gasteiger partial charge >= 0.3 is 5.97 Å². The number of fused-ring (bicyclic) bond motifs is 1. The summed E-state index contributed by atoms with van der Waals surface area (Å²) in [7, 11) is 0. The van der Waals surface area contributed by atoms with E-state index in [1.54, 1.807) is 18.5 Å². The van der Waals surface area contributed by atoms with Crippen LogP contribution in [0.3, 0.4) is 0 Å². The van der Waals surface area contributed by atoms with E-state index in [1.165, 1.54) is 6.20 Å². The van der Waals surface area contributed by atoms with Crippen LogP contribution in [0.2, 0.25) is 0 Å². The van der Waals surface area contributed by atoms with Crippen LogP contribution in [0.1, 0.15) is 10.4 Å². The van der Waals surface area contributed by atoms with Gasteiger partial charge in [0.15, 0.2) is 5.65 Å². The number of aromatic nitrogens is 4. The lowest BCUT2D eigenvalue weighted by Gasteiger charge is -1.96. The summed E-state index contributed by atoms with van der Waals surface area (Å²) in [5, 5.41) is 16.7. The standard InChI is InChI=1S/C11H8N4O2/c16-11(17)8-5-12-4-7(8)9-6-2-1-3-13-10(6)15-14-9/h1-5,12H,(H,16,17)(H,13,14,15). The average molecular weight is 228 g/mol. The second-order valence-electron chi connectivity index (χ2n) is 3.56. The zero-order valence-corrected chi connectivity index (χ0v) is 8.64. The van der Waals surface area contributed by atoms with Gasteiger partial charge in [-0.1, -0.05) is 0 Å². The lowest BCUT2D eigenvalue weighted by molar-refractivity contribution is 0.0698. The second-order valence-corrected chi connectivity index (χ2v) is 3.56. The normalized spacial score (nSPS) is 10.8. The highest BCUT2D eigenvalue weighted by Crippen LogP contribution is 2.27. The van der Waals surface area contributed by atoms with Crippen molar-refractivity contribution in [2.45, 2.75) is 0 Å². The number of carbonyl (C=O) groups is 1. The Labute approximate surface area is 95.3 Å². The first-order valence-electron chi connectivity index (χ1n) is 4.97. The fourth-order valence-electron chi connectivity index (χ4n) is 1.80. The van der Waals surface area contributed by atoms with E-state index in [0.717, 1.165) is 5.39 Å². The summed E-state index contributed by atoms with van der Waals surface area (Å²) in [5.41, 5.74) is 2.01. The number of pyridine rings is 1. The van der Waals surface area contributed by atoms with Gasteiger partial charge in [0.05, 0.1) is 11.3 Å². The molecular weight excluding hydrogens is 220 g/mol. The predicted molar refractivity (Wildman–Crippen MR) is 60.6 cm³/mol. The molecule has 3 N–H and O–H groups in total.